The first-order valence-corrected chi connectivity index (χ1v) is 4.11. The van der Waals surface area contributed by atoms with Crippen LogP contribution >= 0.6 is 0 Å². The van der Waals surface area contributed by atoms with Crippen molar-refractivity contribution < 1.29 is 14.3 Å². The molecular formula is C10H14O3. The Hall–Kier alpha value is -1.38. The Morgan fingerprint density at radius 3 is 2.46 bits per heavy atom. The van der Waals surface area contributed by atoms with E-state index in [1.165, 1.54) is 6.08 Å². The highest BCUT2D eigenvalue weighted by Gasteiger charge is 2.01. The molecule has 0 saturated carbocycles. The Bertz CT molecular complexity index is 226. The SMILES string of the molecule is C=CC(=O)OC(=O)C=CCC(C)C. The minimum absolute atomic E-state index is 0.485. The molecule has 72 valence electrons. The van der Waals surface area contributed by atoms with Crippen molar-refractivity contribution >= 4 is 11.9 Å². The van der Waals surface area contributed by atoms with Gasteiger partial charge in [0.15, 0.2) is 0 Å². The summed E-state index contributed by atoms with van der Waals surface area (Å²) in [6.45, 7) is 7.24. The van der Waals surface area contributed by atoms with Crippen LogP contribution in [-0.2, 0) is 14.3 Å². The van der Waals surface area contributed by atoms with Gasteiger partial charge >= 0.3 is 11.9 Å². The lowest BCUT2D eigenvalue weighted by Gasteiger charge is -1.96. The molecule has 0 aliphatic carbocycles. The van der Waals surface area contributed by atoms with E-state index in [-0.39, 0.29) is 0 Å². The van der Waals surface area contributed by atoms with Crippen molar-refractivity contribution in [3.63, 3.8) is 0 Å². The van der Waals surface area contributed by atoms with Gasteiger partial charge in [0.2, 0.25) is 0 Å². The number of rotatable bonds is 4. The van der Waals surface area contributed by atoms with Crippen LogP contribution in [0.4, 0.5) is 0 Å². The second-order valence-electron chi connectivity index (χ2n) is 2.98. The fraction of sp³-hybridized carbons (Fsp3) is 0.400. The number of ether oxygens (including phenoxy) is 1. The van der Waals surface area contributed by atoms with Gasteiger partial charge in [-0.15, -0.1) is 0 Å². The van der Waals surface area contributed by atoms with Crippen molar-refractivity contribution in [1.82, 2.24) is 0 Å². The minimum atomic E-state index is -0.723. The van der Waals surface area contributed by atoms with Crippen LogP contribution in [0.15, 0.2) is 24.8 Å². The monoisotopic (exact) mass is 182 g/mol. The molecule has 0 aliphatic rings. The molecule has 0 fully saturated rings. The molecule has 0 aromatic rings. The molecule has 3 nitrogen and oxygen atoms in total. The molecule has 3 heteroatoms. The summed E-state index contributed by atoms with van der Waals surface area (Å²) in [6.07, 6.45) is 4.68. The van der Waals surface area contributed by atoms with E-state index < -0.39 is 11.9 Å². The molecule has 0 atom stereocenters. The standard InChI is InChI=1S/C10H14O3/c1-4-9(11)13-10(12)7-5-6-8(2)3/h4-5,7-8H,1,6H2,2-3H3. The van der Waals surface area contributed by atoms with Gasteiger partial charge in [0.25, 0.3) is 0 Å². The van der Waals surface area contributed by atoms with Crippen LogP contribution in [0.2, 0.25) is 0 Å². The first-order chi connectivity index (χ1) is 6.06. The normalized spacial score (nSPS) is 10.4. The molecule has 0 rings (SSSR count). The summed E-state index contributed by atoms with van der Waals surface area (Å²) in [5.41, 5.74) is 0. The number of hydrogen-bond acceptors (Lipinski definition) is 3. The lowest BCUT2D eigenvalue weighted by molar-refractivity contribution is -0.152. The largest absolute Gasteiger partial charge is 0.387 e. The van der Waals surface area contributed by atoms with Crippen LogP contribution in [0.5, 0.6) is 0 Å². The zero-order chi connectivity index (χ0) is 10.3. The Kier molecular flexibility index (Phi) is 5.52. The van der Waals surface area contributed by atoms with Gasteiger partial charge in [0.05, 0.1) is 0 Å². The van der Waals surface area contributed by atoms with E-state index in [4.69, 9.17) is 0 Å². The van der Waals surface area contributed by atoms with E-state index in [0.717, 1.165) is 12.5 Å². The maximum absolute atomic E-state index is 10.8. The highest BCUT2D eigenvalue weighted by molar-refractivity contribution is 5.96. The van der Waals surface area contributed by atoms with Gasteiger partial charge in [-0.1, -0.05) is 26.5 Å². The van der Waals surface area contributed by atoms with Crippen molar-refractivity contribution in [2.24, 2.45) is 5.92 Å². The van der Waals surface area contributed by atoms with Crippen molar-refractivity contribution in [2.45, 2.75) is 20.3 Å². The van der Waals surface area contributed by atoms with E-state index >= 15 is 0 Å². The van der Waals surface area contributed by atoms with Crippen molar-refractivity contribution in [3.8, 4) is 0 Å². The zero-order valence-electron chi connectivity index (χ0n) is 7.95. The molecule has 0 N–H and O–H groups in total. The summed E-state index contributed by atoms with van der Waals surface area (Å²) in [4.78, 5) is 21.3. The Morgan fingerprint density at radius 1 is 1.38 bits per heavy atom. The van der Waals surface area contributed by atoms with E-state index in [0.29, 0.717) is 5.92 Å². The van der Waals surface area contributed by atoms with Crippen LogP contribution < -0.4 is 0 Å². The molecule has 0 unspecified atom stereocenters. The van der Waals surface area contributed by atoms with Gasteiger partial charge < -0.3 is 4.74 Å². The highest BCUT2D eigenvalue weighted by Crippen LogP contribution is 1.99. The van der Waals surface area contributed by atoms with Gasteiger partial charge in [0.1, 0.15) is 0 Å². The average molecular weight is 182 g/mol. The van der Waals surface area contributed by atoms with Gasteiger partial charge in [-0.25, -0.2) is 9.59 Å². The van der Waals surface area contributed by atoms with Crippen LogP contribution in [0, 0.1) is 5.92 Å². The number of allylic oxidation sites excluding steroid dienone is 1. The molecule has 0 aliphatic heterocycles. The van der Waals surface area contributed by atoms with E-state index in [2.05, 4.69) is 11.3 Å². The quantitative estimate of drug-likeness (QED) is 0.378. The molecule has 13 heavy (non-hydrogen) atoms. The topological polar surface area (TPSA) is 43.4 Å². The second-order valence-corrected chi connectivity index (χ2v) is 2.98. The predicted molar refractivity (Wildman–Crippen MR) is 49.9 cm³/mol. The lowest BCUT2D eigenvalue weighted by Crippen LogP contribution is -2.06. The third-order valence-electron chi connectivity index (χ3n) is 1.23. The molecule has 0 bridgehead atoms. The molecule has 0 aromatic heterocycles. The number of hydrogen-bond donors (Lipinski definition) is 0. The molecule has 0 amide bonds. The fourth-order valence-corrected chi connectivity index (χ4v) is 0.611. The summed E-state index contributed by atoms with van der Waals surface area (Å²) in [5, 5.41) is 0. The maximum Gasteiger partial charge on any atom is 0.338 e. The van der Waals surface area contributed by atoms with E-state index in [9.17, 15) is 9.59 Å². The predicted octanol–water partition coefficient (Wildman–Crippen LogP) is 1.84. The zero-order valence-corrected chi connectivity index (χ0v) is 7.95. The fourth-order valence-electron chi connectivity index (χ4n) is 0.611. The van der Waals surface area contributed by atoms with Gasteiger partial charge in [-0.2, -0.15) is 0 Å². The average Bonchev–Trinajstić information content (AvgIpc) is 2.03. The van der Waals surface area contributed by atoms with Crippen molar-refractivity contribution in [3.05, 3.63) is 24.8 Å². The lowest BCUT2D eigenvalue weighted by atomic mass is 10.1. The summed E-state index contributed by atoms with van der Waals surface area (Å²) in [6, 6.07) is 0. The van der Waals surface area contributed by atoms with Crippen molar-refractivity contribution in [2.75, 3.05) is 0 Å². The molecule has 0 heterocycles. The van der Waals surface area contributed by atoms with E-state index in [1.807, 2.05) is 13.8 Å². The Balaban J connectivity index is 3.80. The third-order valence-corrected chi connectivity index (χ3v) is 1.23. The number of esters is 2. The molecule has 0 radical (unpaired) electrons. The number of carbonyl (C=O) groups is 2. The van der Waals surface area contributed by atoms with Crippen LogP contribution in [0.1, 0.15) is 20.3 Å². The van der Waals surface area contributed by atoms with Crippen LogP contribution in [0.25, 0.3) is 0 Å². The van der Waals surface area contributed by atoms with Gasteiger partial charge in [0, 0.05) is 12.2 Å². The third kappa shape index (κ3) is 7.00. The smallest absolute Gasteiger partial charge is 0.338 e. The van der Waals surface area contributed by atoms with Crippen LogP contribution in [0.3, 0.4) is 0 Å². The summed E-state index contributed by atoms with van der Waals surface area (Å²) in [7, 11) is 0. The van der Waals surface area contributed by atoms with Crippen LogP contribution in [-0.4, -0.2) is 11.9 Å². The highest BCUT2D eigenvalue weighted by atomic mass is 16.6. The second kappa shape index (κ2) is 6.17. The first kappa shape index (κ1) is 11.6. The molecule has 0 aromatic carbocycles. The van der Waals surface area contributed by atoms with E-state index in [1.54, 1.807) is 6.08 Å². The molecule has 0 saturated heterocycles. The summed E-state index contributed by atoms with van der Waals surface area (Å²) >= 11 is 0. The Morgan fingerprint density at radius 2 is 2.00 bits per heavy atom. The molecular weight excluding hydrogens is 168 g/mol. The first-order valence-electron chi connectivity index (χ1n) is 4.11. The van der Waals surface area contributed by atoms with Gasteiger partial charge in [-0.3, -0.25) is 0 Å². The summed E-state index contributed by atoms with van der Waals surface area (Å²) < 4.78 is 4.30. The maximum atomic E-state index is 10.8. The number of carbonyl (C=O) groups excluding carboxylic acids is 2. The van der Waals surface area contributed by atoms with Crippen molar-refractivity contribution in [1.29, 1.82) is 0 Å². The molecule has 0 spiro atoms. The minimum Gasteiger partial charge on any atom is -0.387 e. The van der Waals surface area contributed by atoms with Gasteiger partial charge in [-0.05, 0) is 12.3 Å². The Labute approximate surface area is 78.1 Å². The summed E-state index contributed by atoms with van der Waals surface area (Å²) in [5.74, 6) is -0.885.